The van der Waals surface area contributed by atoms with Crippen LogP contribution >= 0.6 is 12.4 Å². The first kappa shape index (κ1) is 19.6. The molecule has 0 spiro atoms. The Kier molecular flexibility index (Phi) is 7.72. The zero-order chi connectivity index (χ0) is 16.1. The Labute approximate surface area is 141 Å². The zero-order valence-electron chi connectivity index (χ0n) is 13.1. The van der Waals surface area contributed by atoms with Crippen LogP contribution in [0.4, 0.5) is 8.78 Å². The lowest BCUT2D eigenvalue weighted by Crippen LogP contribution is -2.42. The van der Waals surface area contributed by atoms with Gasteiger partial charge in [-0.15, -0.1) is 12.4 Å². The Morgan fingerprint density at radius 3 is 2.61 bits per heavy atom. The molecule has 1 aliphatic heterocycles. The van der Waals surface area contributed by atoms with E-state index in [1.165, 1.54) is 12.1 Å². The maximum absolute atomic E-state index is 13.5. The van der Waals surface area contributed by atoms with Gasteiger partial charge in [0.1, 0.15) is 11.9 Å². The number of hydrogen-bond donors (Lipinski definition) is 1. The van der Waals surface area contributed by atoms with Gasteiger partial charge in [-0.3, -0.25) is 4.79 Å². The molecule has 0 aliphatic carbocycles. The second kappa shape index (κ2) is 9.03. The Balaban J connectivity index is 0.00000264. The van der Waals surface area contributed by atoms with E-state index in [4.69, 9.17) is 10.5 Å². The van der Waals surface area contributed by atoms with E-state index in [1.54, 1.807) is 4.90 Å². The van der Waals surface area contributed by atoms with Crippen LogP contribution in [0.5, 0.6) is 5.75 Å². The third-order valence-corrected chi connectivity index (χ3v) is 3.80. The van der Waals surface area contributed by atoms with E-state index in [9.17, 15) is 13.6 Å². The molecule has 2 N–H and O–H groups in total. The SMILES string of the molecule is CC(N)CCC(=O)N1CCC(Oc2ccc(F)cc2F)CC1.Cl. The Hall–Kier alpha value is -1.40. The summed E-state index contributed by atoms with van der Waals surface area (Å²) in [6, 6.07) is 3.30. The van der Waals surface area contributed by atoms with Crippen LogP contribution in [-0.4, -0.2) is 36.0 Å². The number of carbonyl (C=O) groups excluding carboxylic acids is 1. The minimum absolute atomic E-state index is 0. The van der Waals surface area contributed by atoms with E-state index in [0.29, 0.717) is 38.8 Å². The van der Waals surface area contributed by atoms with Crippen LogP contribution in [0.3, 0.4) is 0 Å². The predicted molar refractivity (Wildman–Crippen MR) is 86.7 cm³/mol. The van der Waals surface area contributed by atoms with Gasteiger partial charge in [-0.1, -0.05) is 0 Å². The summed E-state index contributed by atoms with van der Waals surface area (Å²) in [7, 11) is 0. The molecule has 1 unspecified atom stereocenters. The number of amides is 1. The van der Waals surface area contributed by atoms with Crippen molar-refractivity contribution < 1.29 is 18.3 Å². The fourth-order valence-electron chi connectivity index (χ4n) is 2.48. The highest BCUT2D eigenvalue weighted by atomic mass is 35.5. The molecule has 1 amide bonds. The van der Waals surface area contributed by atoms with Gasteiger partial charge < -0.3 is 15.4 Å². The summed E-state index contributed by atoms with van der Waals surface area (Å²) >= 11 is 0. The molecule has 0 aromatic heterocycles. The van der Waals surface area contributed by atoms with Crippen LogP contribution in [0.1, 0.15) is 32.6 Å². The summed E-state index contributed by atoms with van der Waals surface area (Å²) in [5.41, 5.74) is 5.65. The minimum atomic E-state index is -0.699. The van der Waals surface area contributed by atoms with Gasteiger partial charge in [0, 0.05) is 44.5 Å². The standard InChI is InChI=1S/C16H22F2N2O2.ClH/c1-11(19)2-5-16(21)20-8-6-13(7-9-20)22-15-4-3-12(17)10-14(15)18;/h3-4,10-11,13H,2,5-9,19H2,1H3;1H. The van der Waals surface area contributed by atoms with Gasteiger partial charge >= 0.3 is 0 Å². The maximum Gasteiger partial charge on any atom is 0.222 e. The molecule has 0 radical (unpaired) electrons. The Morgan fingerprint density at radius 1 is 1.39 bits per heavy atom. The van der Waals surface area contributed by atoms with Crippen molar-refractivity contribution in [3.05, 3.63) is 29.8 Å². The average molecular weight is 349 g/mol. The molecule has 4 nitrogen and oxygen atoms in total. The van der Waals surface area contributed by atoms with Crippen molar-refractivity contribution in [3.8, 4) is 5.75 Å². The van der Waals surface area contributed by atoms with Gasteiger partial charge in [0.25, 0.3) is 0 Å². The highest BCUT2D eigenvalue weighted by molar-refractivity contribution is 5.85. The first-order valence-electron chi connectivity index (χ1n) is 7.60. The van der Waals surface area contributed by atoms with Gasteiger partial charge in [0.2, 0.25) is 5.91 Å². The summed E-state index contributed by atoms with van der Waals surface area (Å²) in [5.74, 6) is -1.17. The van der Waals surface area contributed by atoms with Crippen LogP contribution in [-0.2, 0) is 4.79 Å². The number of ether oxygens (including phenoxy) is 1. The summed E-state index contributed by atoms with van der Waals surface area (Å²) in [6.07, 6.45) is 2.25. The van der Waals surface area contributed by atoms with Gasteiger partial charge in [-0.25, -0.2) is 8.78 Å². The maximum atomic E-state index is 13.5. The molecule has 0 saturated carbocycles. The van der Waals surface area contributed by atoms with Gasteiger partial charge in [-0.2, -0.15) is 0 Å². The minimum Gasteiger partial charge on any atom is -0.487 e. The normalized spacial score (nSPS) is 16.6. The molecule has 2 rings (SSSR count). The number of likely N-dealkylation sites (tertiary alicyclic amines) is 1. The molecule has 7 heteroatoms. The van der Waals surface area contributed by atoms with Crippen LogP contribution < -0.4 is 10.5 Å². The van der Waals surface area contributed by atoms with Gasteiger partial charge in [0.05, 0.1) is 0 Å². The molecular formula is C16H23ClF2N2O2. The first-order chi connectivity index (χ1) is 10.5. The van der Waals surface area contributed by atoms with E-state index in [2.05, 4.69) is 0 Å². The number of piperidine rings is 1. The van der Waals surface area contributed by atoms with Crippen molar-refractivity contribution in [3.63, 3.8) is 0 Å². The topological polar surface area (TPSA) is 55.6 Å². The number of hydrogen-bond acceptors (Lipinski definition) is 3. The van der Waals surface area contributed by atoms with Crippen molar-refractivity contribution in [1.29, 1.82) is 0 Å². The smallest absolute Gasteiger partial charge is 0.222 e. The highest BCUT2D eigenvalue weighted by Crippen LogP contribution is 2.23. The third-order valence-electron chi connectivity index (χ3n) is 3.80. The predicted octanol–water partition coefficient (Wildman–Crippen LogP) is 2.88. The largest absolute Gasteiger partial charge is 0.487 e. The molecule has 1 aromatic carbocycles. The van der Waals surface area contributed by atoms with Crippen LogP contribution in [0, 0.1) is 11.6 Å². The summed E-state index contributed by atoms with van der Waals surface area (Å²) in [5, 5.41) is 0. The number of carbonyl (C=O) groups is 1. The molecule has 1 fully saturated rings. The lowest BCUT2D eigenvalue weighted by atomic mass is 10.1. The van der Waals surface area contributed by atoms with E-state index in [1.807, 2.05) is 6.92 Å². The van der Waals surface area contributed by atoms with Gasteiger partial charge in [-0.05, 0) is 25.5 Å². The van der Waals surface area contributed by atoms with E-state index < -0.39 is 11.6 Å². The molecule has 1 heterocycles. The second-order valence-electron chi connectivity index (χ2n) is 5.79. The molecule has 0 bridgehead atoms. The van der Waals surface area contributed by atoms with E-state index in [0.717, 1.165) is 6.07 Å². The molecule has 1 aliphatic rings. The van der Waals surface area contributed by atoms with Crippen molar-refractivity contribution in [2.24, 2.45) is 5.73 Å². The number of benzene rings is 1. The van der Waals surface area contributed by atoms with Crippen molar-refractivity contribution in [2.45, 2.75) is 44.8 Å². The van der Waals surface area contributed by atoms with Crippen molar-refractivity contribution >= 4 is 18.3 Å². The lowest BCUT2D eigenvalue weighted by molar-refractivity contribution is -0.133. The quantitative estimate of drug-likeness (QED) is 0.890. The Morgan fingerprint density at radius 2 is 2.04 bits per heavy atom. The number of nitrogens with zero attached hydrogens (tertiary/aromatic N) is 1. The number of halogens is 3. The van der Waals surface area contributed by atoms with Crippen LogP contribution in [0.25, 0.3) is 0 Å². The summed E-state index contributed by atoms with van der Waals surface area (Å²) < 4.78 is 32.0. The van der Waals surface area contributed by atoms with Crippen molar-refractivity contribution in [2.75, 3.05) is 13.1 Å². The second-order valence-corrected chi connectivity index (χ2v) is 5.79. The molecule has 1 saturated heterocycles. The van der Waals surface area contributed by atoms with Gasteiger partial charge in [0.15, 0.2) is 11.6 Å². The fraction of sp³-hybridized carbons (Fsp3) is 0.562. The monoisotopic (exact) mass is 348 g/mol. The summed E-state index contributed by atoms with van der Waals surface area (Å²) in [6.45, 7) is 3.06. The zero-order valence-corrected chi connectivity index (χ0v) is 14.0. The lowest BCUT2D eigenvalue weighted by Gasteiger charge is -2.32. The molecule has 1 aromatic rings. The third kappa shape index (κ3) is 5.95. The molecule has 1 atom stereocenters. The molecule has 23 heavy (non-hydrogen) atoms. The molecular weight excluding hydrogens is 326 g/mol. The summed E-state index contributed by atoms with van der Waals surface area (Å²) in [4.78, 5) is 13.8. The average Bonchev–Trinajstić information content (AvgIpc) is 2.48. The first-order valence-corrected chi connectivity index (χ1v) is 7.60. The van der Waals surface area contributed by atoms with Crippen LogP contribution in [0.15, 0.2) is 18.2 Å². The number of nitrogens with two attached hydrogens (primary N) is 1. The van der Waals surface area contributed by atoms with E-state index >= 15 is 0 Å². The fourth-order valence-corrected chi connectivity index (χ4v) is 2.48. The van der Waals surface area contributed by atoms with Crippen molar-refractivity contribution in [1.82, 2.24) is 4.90 Å². The number of rotatable bonds is 5. The Bertz CT molecular complexity index is 521. The highest BCUT2D eigenvalue weighted by Gasteiger charge is 2.24. The molecule has 130 valence electrons. The van der Waals surface area contributed by atoms with E-state index in [-0.39, 0.29) is 36.2 Å². The van der Waals surface area contributed by atoms with Crippen LogP contribution in [0.2, 0.25) is 0 Å².